The lowest BCUT2D eigenvalue weighted by Gasteiger charge is -1.86. The van der Waals surface area contributed by atoms with Crippen molar-refractivity contribution in [2.45, 2.75) is 7.43 Å². The van der Waals surface area contributed by atoms with Gasteiger partial charge in [-0.3, -0.25) is 28.3 Å². The van der Waals surface area contributed by atoms with Crippen LogP contribution in [-0.4, -0.2) is 9.13 Å². The maximum Gasteiger partial charge on any atom is 0.261 e. The van der Waals surface area contributed by atoms with Crippen molar-refractivity contribution in [3.8, 4) is 0 Å². The summed E-state index contributed by atoms with van der Waals surface area (Å²) in [6, 6.07) is 2.66. The van der Waals surface area contributed by atoms with E-state index in [1.165, 1.54) is 26.2 Å². The number of fused-ring (bicyclic) bond motifs is 2. The Kier molecular flexibility index (Phi) is 2.55. The molecule has 0 radical (unpaired) electrons. The van der Waals surface area contributed by atoms with Crippen LogP contribution in [0.2, 0.25) is 0 Å². The second-order valence-corrected chi connectivity index (χ2v) is 4.28. The molecule has 98 valence electrons. The van der Waals surface area contributed by atoms with Gasteiger partial charge in [0.15, 0.2) is 0 Å². The van der Waals surface area contributed by atoms with Gasteiger partial charge in [-0.25, -0.2) is 0 Å². The van der Waals surface area contributed by atoms with Gasteiger partial charge < -0.3 is 0 Å². The minimum atomic E-state index is -0.451. The standard InChI is InChI=1S/C12H8N2O4.CH4/c1-13-9(15)5-3-7-8(4-6(5)10(13)16)12(18)14(2)11(7)17;/h3-4H,1-2H3;1H4. The third kappa shape index (κ3) is 1.36. The molecule has 0 amide bonds. The van der Waals surface area contributed by atoms with E-state index >= 15 is 0 Å². The molecule has 19 heavy (non-hydrogen) atoms. The number of hydrogen-bond acceptors (Lipinski definition) is 4. The van der Waals surface area contributed by atoms with Gasteiger partial charge in [-0.05, 0) is 12.1 Å². The molecule has 0 unspecified atom stereocenters. The molecule has 0 saturated carbocycles. The van der Waals surface area contributed by atoms with Crippen LogP contribution in [0.15, 0.2) is 31.3 Å². The van der Waals surface area contributed by atoms with Crippen molar-refractivity contribution < 1.29 is 0 Å². The molecule has 0 aliphatic heterocycles. The molecule has 0 spiro atoms. The van der Waals surface area contributed by atoms with Crippen LogP contribution in [0.1, 0.15) is 7.43 Å². The fraction of sp³-hybridized carbons (Fsp3) is 0.231. The molecule has 0 aliphatic rings. The molecular formula is C13H12N2O4. The molecule has 0 atom stereocenters. The van der Waals surface area contributed by atoms with Crippen molar-refractivity contribution in [3.63, 3.8) is 0 Å². The highest BCUT2D eigenvalue weighted by molar-refractivity contribution is 5.97. The Labute approximate surface area is 106 Å². The van der Waals surface area contributed by atoms with Crippen LogP contribution in [0, 0.1) is 0 Å². The Morgan fingerprint density at radius 1 is 0.632 bits per heavy atom. The molecule has 0 N–H and O–H groups in total. The molecule has 2 heterocycles. The van der Waals surface area contributed by atoms with E-state index in [-0.39, 0.29) is 29.0 Å². The number of hydrogen-bond donors (Lipinski definition) is 0. The van der Waals surface area contributed by atoms with Gasteiger partial charge in [0.1, 0.15) is 0 Å². The first kappa shape index (κ1) is 12.9. The lowest BCUT2D eigenvalue weighted by molar-refractivity contribution is 0.854. The SMILES string of the molecule is C.Cn1c(=O)c2cc3c(=O)n(C)c(=O)c3cc2c1=O. The number of benzene rings is 1. The van der Waals surface area contributed by atoms with Gasteiger partial charge in [0.2, 0.25) is 0 Å². The van der Waals surface area contributed by atoms with Gasteiger partial charge in [-0.2, -0.15) is 0 Å². The Morgan fingerprint density at radius 2 is 0.842 bits per heavy atom. The monoisotopic (exact) mass is 260 g/mol. The summed E-state index contributed by atoms with van der Waals surface area (Å²) >= 11 is 0. The Hall–Kier alpha value is -2.50. The summed E-state index contributed by atoms with van der Waals surface area (Å²) < 4.78 is 1.94. The summed E-state index contributed by atoms with van der Waals surface area (Å²) in [5, 5.41) is 0.714. The minimum absolute atomic E-state index is 0. The van der Waals surface area contributed by atoms with Gasteiger partial charge in [0, 0.05) is 14.1 Å². The zero-order valence-electron chi connectivity index (χ0n) is 9.68. The third-order valence-corrected chi connectivity index (χ3v) is 3.30. The molecule has 0 saturated heterocycles. The van der Waals surface area contributed by atoms with E-state index in [4.69, 9.17) is 0 Å². The van der Waals surface area contributed by atoms with Crippen molar-refractivity contribution in [1.29, 1.82) is 0 Å². The Balaban J connectivity index is 0.00000133. The third-order valence-electron chi connectivity index (χ3n) is 3.30. The first-order valence-corrected chi connectivity index (χ1v) is 5.26. The fourth-order valence-electron chi connectivity index (χ4n) is 2.21. The van der Waals surface area contributed by atoms with E-state index in [0.717, 1.165) is 9.13 Å². The molecule has 1 aromatic carbocycles. The molecule has 0 aliphatic carbocycles. The quantitative estimate of drug-likeness (QED) is 0.552. The van der Waals surface area contributed by atoms with Crippen molar-refractivity contribution in [3.05, 3.63) is 53.5 Å². The average molecular weight is 260 g/mol. The van der Waals surface area contributed by atoms with Crippen LogP contribution in [0.25, 0.3) is 21.5 Å². The number of nitrogens with zero attached hydrogens (tertiary/aromatic N) is 2. The first-order valence-electron chi connectivity index (χ1n) is 5.26. The summed E-state index contributed by atoms with van der Waals surface area (Å²) in [5.74, 6) is 0. The largest absolute Gasteiger partial charge is 0.277 e. The van der Waals surface area contributed by atoms with Crippen LogP contribution in [0.3, 0.4) is 0 Å². The summed E-state index contributed by atoms with van der Waals surface area (Å²) in [6.07, 6.45) is 0. The van der Waals surface area contributed by atoms with Gasteiger partial charge in [0.25, 0.3) is 22.2 Å². The summed E-state index contributed by atoms with van der Waals surface area (Å²) in [4.78, 5) is 47.1. The van der Waals surface area contributed by atoms with Crippen molar-refractivity contribution in [2.24, 2.45) is 14.1 Å². The van der Waals surface area contributed by atoms with Crippen LogP contribution < -0.4 is 22.2 Å². The number of aromatic nitrogens is 2. The van der Waals surface area contributed by atoms with Crippen LogP contribution in [-0.2, 0) is 14.1 Å². The van der Waals surface area contributed by atoms with Gasteiger partial charge in [-0.1, -0.05) is 7.43 Å². The lowest BCUT2D eigenvalue weighted by atomic mass is 10.1. The lowest BCUT2D eigenvalue weighted by Crippen LogP contribution is -2.21. The van der Waals surface area contributed by atoms with Gasteiger partial charge in [0.05, 0.1) is 21.5 Å². The molecular weight excluding hydrogens is 248 g/mol. The molecule has 3 aromatic rings. The summed E-state index contributed by atoms with van der Waals surface area (Å²) in [7, 11) is 2.73. The van der Waals surface area contributed by atoms with E-state index in [1.807, 2.05) is 0 Å². The Morgan fingerprint density at radius 3 is 1.05 bits per heavy atom. The van der Waals surface area contributed by atoms with E-state index in [1.54, 1.807) is 0 Å². The molecule has 0 bridgehead atoms. The van der Waals surface area contributed by atoms with Crippen molar-refractivity contribution in [1.82, 2.24) is 9.13 Å². The van der Waals surface area contributed by atoms with E-state index in [2.05, 4.69) is 0 Å². The van der Waals surface area contributed by atoms with Gasteiger partial charge in [-0.15, -0.1) is 0 Å². The average Bonchev–Trinajstić information content (AvgIpc) is 2.71. The second kappa shape index (κ2) is 3.74. The zero-order chi connectivity index (χ0) is 13.2. The first-order chi connectivity index (χ1) is 8.43. The highest BCUT2D eigenvalue weighted by Gasteiger charge is 2.16. The minimum Gasteiger partial charge on any atom is -0.277 e. The Bertz CT molecular complexity index is 855. The highest BCUT2D eigenvalue weighted by atomic mass is 16.2. The van der Waals surface area contributed by atoms with Crippen LogP contribution in [0.5, 0.6) is 0 Å². The zero-order valence-corrected chi connectivity index (χ0v) is 9.68. The van der Waals surface area contributed by atoms with E-state index in [9.17, 15) is 19.2 Å². The second-order valence-electron chi connectivity index (χ2n) is 4.28. The van der Waals surface area contributed by atoms with E-state index in [0.29, 0.717) is 0 Å². The van der Waals surface area contributed by atoms with Crippen molar-refractivity contribution >= 4 is 21.5 Å². The maximum atomic E-state index is 11.8. The normalized spacial score (nSPS) is 11.1. The fourth-order valence-corrected chi connectivity index (χ4v) is 2.21. The number of rotatable bonds is 0. The molecule has 6 nitrogen and oxygen atoms in total. The highest BCUT2D eigenvalue weighted by Crippen LogP contribution is 2.13. The summed E-state index contributed by atoms with van der Waals surface area (Å²) in [5.41, 5.74) is -1.81. The molecule has 3 rings (SSSR count). The molecule has 2 aromatic heterocycles. The molecule has 6 heteroatoms. The predicted octanol–water partition coefficient (Wildman–Crippen LogP) is -0.378. The van der Waals surface area contributed by atoms with E-state index < -0.39 is 22.2 Å². The van der Waals surface area contributed by atoms with Gasteiger partial charge >= 0.3 is 0 Å². The topological polar surface area (TPSA) is 78.1 Å². The smallest absolute Gasteiger partial charge is 0.261 e. The summed E-state index contributed by atoms with van der Waals surface area (Å²) in [6.45, 7) is 0. The maximum absolute atomic E-state index is 11.8. The van der Waals surface area contributed by atoms with Crippen LogP contribution >= 0.6 is 0 Å². The molecule has 0 fully saturated rings. The van der Waals surface area contributed by atoms with Crippen molar-refractivity contribution in [2.75, 3.05) is 0 Å². The predicted molar refractivity (Wildman–Crippen MR) is 73.6 cm³/mol. The van der Waals surface area contributed by atoms with Crippen LogP contribution in [0.4, 0.5) is 0 Å².